The molecule has 162 valence electrons. The Balaban J connectivity index is 1.76. The average molecular weight is 451 g/mol. The fourth-order valence-corrected chi connectivity index (χ4v) is 5.18. The van der Waals surface area contributed by atoms with E-state index in [4.69, 9.17) is 27.9 Å². The molecule has 2 aliphatic heterocycles. The maximum Gasteiger partial charge on any atom is 0.290 e. The Morgan fingerprint density at radius 1 is 1.10 bits per heavy atom. The summed E-state index contributed by atoms with van der Waals surface area (Å²) in [4.78, 5) is 30.8. The van der Waals surface area contributed by atoms with Gasteiger partial charge in [0.05, 0.1) is 27.6 Å². The van der Waals surface area contributed by atoms with Gasteiger partial charge in [0.1, 0.15) is 6.10 Å². The van der Waals surface area contributed by atoms with Crippen molar-refractivity contribution in [3.8, 4) is 0 Å². The highest BCUT2D eigenvalue weighted by Crippen LogP contribution is 2.48. The molecule has 0 saturated heterocycles. The van der Waals surface area contributed by atoms with Gasteiger partial charge in [-0.25, -0.2) is 0 Å². The van der Waals surface area contributed by atoms with Crippen molar-refractivity contribution < 1.29 is 14.3 Å². The van der Waals surface area contributed by atoms with Crippen LogP contribution < -0.4 is 0 Å². The summed E-state index contributed by atoms with van der Waals surface area (Å²) >= 11 is 12.4. The molecule has 0 aromatic heterocycles. The van der Waals surface area contributed by atoms with Crippen LogP contribution >= 0.6 is 23.2 Å². The molecule has 1 aromatic rings. The number of nitrogens with zero attached hydrogens (tertiary/aromatic N) is 2. The van der Waals surface area contributed by atoms with Gasteiger partial charge in [0, 0.05) is 13.1 Å². The molecule has 5 atom stereocenters. The number of carbonyl (C=O) groups is 2. The molecule has 1 fully saturated rings. The summed E-state index contributed by atoms with van der Waals surface area (Å²) in [6.07, 6.45) is 1.38. The van der Waals surface area contributed by atoms with Gasteiger partial charge in [-0.05, 0) is 56.5 Å². The Morgan fingerprint density at radius 3 is 2.47 bits per heavy atom. The highest BCUT2D eigenvalue weighted by molar-refractivity contribution is 6.42. The molecule has 1 aromatic carbocycles. The molecule has 2 heterocycles. The number of hydrogen-bond donors (Lipinski definition) is 0. The van der Waals surface area contributed by atoms with Gasteiger partial charge >= 0.3 is 0 Å². The number of rotatable bonds is 4. The van der Waals surface area contributed by atoms with Crippen LogP contribution in [0.4, 0.5) is 0 Å². The zero-order valence-electron chi connectivity index (χ0n) is 17.8. The van der Waals surface area contributed by atoms with E-state index in [0.717, 1.165) is 18.4 Å². The van der Waals surface area contributed by atoms with E-state index in [0.29, 0.717) is 40.5 Å². The van der Waals surface area contributed by atoms with Crippen molar-refractivity contribution in [2.75, 3.05) is 27.2 Å². The van der Waals surface area contributed by atoms with E-state index in [1.54, 1.807) is 17.0 Å². The monoisotopic (exact) mass is 450 g/mol. The van der Waals surface area contributed by atoms with Gasteiger partial charge in [-0.15, -0.1) is 0 Å². The van der Waals surface area contributed by atoms with Gasteiger partial charge in [0.2, 0.25) is 0 Å². The second kappa shape index (κ2) is 8.18. The first-order chi connectivity index (χ1) is 14.2. The van der Waals surface area contributed by atoms with Crippen molar-refractivity contribution >= 4 is 34.9 Å². The van der Waals surface area contributed by atoms with Crippen molar-refractivity contribution in [3.05, 3.63) is 45.1 Å². The third-order valence-corrected chi connectivity index (χ3v) is 7.59. The quantitative estimate of drug-likeness (QED) is 0.684. The Bertz CT molecular complexity index is 914. The minimum atomic E-state index is -0.495. The highest BCUT2D eigenvalue weighted by atomic mass is 35.5. The molecule has 30 heavy (non-hydrogen) atoms. The van der Waals surface area contributed by atoms with Crippen molar-refractivity contribution in [2.24, 2.45) is 17.8 Å². The number of halogens is 2. The summed E-state index contributed by atoms with van der Waals surface area (Å²) in [6.45, 7) is 5.55. The summed E-state index contributed by atoms with van der Waals surface area (Å²) in [5, 5.41) is 0.852. The standard InChI is InChI=1S/C23H28Cl2N2O3/c1-12-9-15-18(10-13(12)2)30-22-19(21(15)28)20(14-5-6-16(24)17(25)11-14)27(23(22)29)8-7-26(3)4/h5-6,11-13,15,18,20H,7-10H2,1-4H3. The van der Waals surface area contributed by atoms with Crippen LogP contribution in [0.5, 0.6) is 0 Å². The third-order valence-electron chi connectivity index (χ3n) is 6.85. The van der Waals surface area contributed by atoms with Crippen LogP contribution in [-0.4, -0.2) is 54.8 Å². The van der Waals surface area contributed by atoms with E-state index < -0.39 is 6.04 Å². The molecule has 5 unspecified atom stereocenters. The van der Waals surface area contributed by atoms with Gasteiger partial charge in [-0.2, -0.15) is 0 Å². The van der Waals surface area contributed by atoms with Crippen LogP contribution in [0.15, 0.2) is 29.5 Å². The van der Waals surface area contributed by atoms with Gasteiger partial charge in [0.15, 0.2) is 11.5 Å². The minimum absolute atomic E-state index is 0.0526. The molecule has 1 amide bonds. The number of ether oxygens (including phenoxy) is 1. The summed E-state index contributed by atoms with van der Waals surface area (Å²) < 4.78 is 6.25. The maximum atomic E-state index is 13.7. The summed E-state index contributed by atoms with van der Waals surface area (Å²) in [7, 11) is 3.92. The Hall–Kier alpha value is -1.56. The fraction of sp³-hybridized carbons (Fsp3) is 0.565. The summed E-state index contributed by atoms with van der Waals surface area (Å²) in [5.41, 5.74) is 1.27. The molecule has 0 bridgehead atoms. The van der Waals surface area contributed by atoms with E-state index in [1.165, 1.54) is 0 Å². The smallest absolute Gasteiger partial charge is 0.290 e. The maximum absolute atomic E-state index is 13.7. The summed E-state index contributed by atoms with van der Waals surface area (Å²) in [5.74, 6) is 0.803. The van der Waals surface area contributed by atoms with Crippen molar-refractivity contribution in [1.29, 1.82) is 0 Å². The van der Waals surface area contributed by atoms with Gasteiger partial charge < -0.3 is 14.5 Å². The van der Waals surface area contributed by atoms with Crippen LogP contribution in [0.3, 0.4) is 0 Å². The molecule has 7 heteroatoms. The van der Waals surface area contributed by atoms with Gasteiger partial charge in [-0.1, -0.05) is 43.1 Å². The average Bonchev–Trinajstić information content (AvgIpc) is 2.96. The predicted octanol–water partition coefficient (Wildman–Crippen LogP) is 4.34. The SMILES string of the molecule is CC1CC2OC3=C(C(=O)C2CC1C)C(c1ccc(Cl)c(Cl)c1)N(CCN(C)C)C3=O. The Morgan fingerprint density at radius 2 is 1.80 bits per heavy atom. The van der Waals surface area contributed by atoms with E-state index in [9.17, 15) is 9.59 Å². The predicted molar refractivity (Wildman–Crippen MR) is 117 cm³/mol. The van der Waals surface area contributed by atoms with Crippen LogP contribution in [0.1, 0.15) is 38.3 Å². The molecular formula is C23H28Cl2N2O3. The lowest BCUT2D eigenvalue weighted by Crippen LogP contribution is -2.43. The number of ketones is 1. The molecule has 1 saturated carbocycles. The second-order valence-electron chi connectivity index (χ2n) is 9.17. The van der Waals surface area contributed by atoms with Crippen LogP contribution in [0, 0.1) is 17.8 Å². The first-order valence-electron chi connectivity index (χ1n) is 10.5. The van der Waals surface area contributed by atoms with Crippen LogP contribution in [0.2, 0.25) is 10.0 Å². The molecule has 0 N–H and O–H groups in total. The normalized spacial score (nSPS) is 31.2. The number of carbonyl (C=O) groups excluding carboxylic acids is 2. The van der Waals surface area contributed by atoms with Gasteiger partial charge in [-0.3, -0.25) is 9.59 Å². The zero-order chi connectivity index (χ0) is 21.7. The molecule has 0 radical (unpaired) electrons. The first-order valence-corrected chi connectivity index (χ1v) is 11.3. The van der Waals surface area contributed by atoms with Gasteiger partial charge in [0.25, 0.3) is 5.91 Å². The lowest BCUT2D eigenvalue weighted by atomic mass is 9.70. The van der Waals surface area contributed by atoms with Crippen LogP contribution in [-0.2, 0) is 14.3 Å². The van der Waals surface area contributed by atoms with Crippen molar-refractivity contribution in [2.45, 2.75) is 38.8 Å². The number of Topliss-reactive ketones (excluding diaryl/α,β-unsaturated/α-hetero) is 1. The molecular weight excluding hydrogens is 423 g/mol. The third kappa shape index (κ3) is 3.65. The summed E-state index contributed by atoms with van der Waals surface area (Å²) in [6, 6.07) is 4.82. The Labute approximate surface area is 187 Å². The number of fused-ring (bicyclic) bond motifs is 1. The largest absolute Gasteiger partial charge is 0.483 e. The van der Waals surface area contributed by atoms with Crippen molar-refractivity contribution in [1.82, 2.24) is 9.80 Å². The van der Waals surface area contributed by atoms with E-state index >= 15 is 0 Å². The number of hydrogen-bond acceptors (Lipinski definition) is 4. The molecule has 4 rings (SSSR count). The van der Waals surface area contributed by atoms with Crippen molar-refractivity contribution in [3.63, 3.8) is 0 Å². The lowest BCUT2D eigenvalue weighted by molar-refractivity contribution is -0.137. The molecule has 1 aliphatic carbocycles. The zero-order valence-corrected chi connectivity index (χ0v) is 19.3. The van der Waals surface area contributed by atoms with E-state index in [1.807, 2.05) is 25.1 Å². The number of benzene rings is 1. The number of amides is 1. The second-order valence-corrected chi connectivity index (χ2v) is 9.99. The fourth-order valence-electron chi connectivity index (χ4n) is 4.88. The first kappa shape index (κ1) is 21.7. The van der Waals surface area contributed by atoms with E-state index in [-0.39, 0.29) is 29.5 Å². The molecule has 0 spiro atoms. The van der Waals surface area contributed by atoms with Crippen LogP contribution in [0.25, 0.3) is 0 Å². The topological polar surface area (TPSA) is 49.9 Å². The minimum Gasteiger partial charge on any atom is -0.483 e. The highest BCUT2D eigenvalue weighted by Gasteiger charge is 2.53. The molecule has 5 nitrogen and oxygen atoms in total. The Kier molecular flexibility index (Phi) is 5.90. The molecule has 3 aliphatic rings. The van der Waals surface area contributed by atoms with E-state index in [2.05, 4.69) is 13.8 Å². The lowest BCUT2D eigenvalue weighted by Gasteiger charge is -2.40. The number of likely N-dealkylation sites (N-methyl/N-ethyl adjacent to an activating group) is 1.